The number of nitrogen functional groups attached to an aromatic ring is 1. The van der Waals surface area contributed by atoms with Crippen molar-refractivity contribution in [3.05, 3.63) is 47.5 Å². The number of pyridine rings is 1. The molecule has 19 heavy (non-hydrogen) atoms. The number of para-hydroxylation sites is 1. The number of carbonyl (C=O) groups is 1. The summed E-state index contributed by atoms with van der Waals surface area (Å²) in [5.74, 6) is 0.618. The van der Waals surface area contributed by atoms with Gasteiger partial charge in [0, 0.05) is 5.69 Å². The first-order valence-electron chi connectivity index (χ1n) is 5.77. The molecule has 2 N–H and O–H groups in total. The topological polar surface area (TPSA) is 83.0 Å². The lowest BCUT2D eigenvalue weighted by Crippen LogP contribution is -2.16. The quantitative estimate of drug-likeness (QED) is 0.835. The predicted molar refractivity (Wildman–Crippen MR) is 71.1 cm³/mol. The maximum Gasteiger partial charge on any atom is 0.186 e. The summed E-state index contributed by atoms with van der Waals surface area (Å²) < 4.78 is 0. The molecule has 0 bridgehead atoms. The minimum Gasteiger partial charge on any atom is -0.383 e. The van der Waals surface area contributed by atoms with Gasteiger partial charge >= 0.3 is 0 Å². The molecule has 0 radical (unpaired) electrons. The van der Waals surface area contributed by atoms with Crippen molar-refractivity contribution in [1.29, 1.82) is 5.26 Å². The molecule has 1 aliphatic rings. The monoisotopic (exact) mass is 250 g/mol. The molecule has 1 aliphatic heterocycles. The van der Waals surface area contributed by atoms with Crippen LogP contribution in [0.15, 0.2) is 36.4 Å². The van der Waals surface area contributed by atoms with Crippen molar-refractivity contribution in [2.45, 2.75) is 0 Å². The number of benzene rings is 1. The van der Waals surface area contributed by atoms with Crippen LogP contribution in [0.3, 0.4) is 0 Å². The van der Waals surface area contributed by atoms with E-state index in [1.807, 2.05) is 36.4 Å². The number of nitrogens with two attached hydrogens (primary N) is 1. The fourth-order valence-corrected chi connectivity index (χ4v) is 2.14. The number of nitriles is 1. The van der Waals surface area contributed by atoms with Gasteiger partial charge in [0.05, 0.1) is 17.7 Å². The molecule has 0 unspecified atom stereocenters. The van der Waals surface area contributed by atoms with Crippen LogP contribution in [-0.4, -0.2) is 17.3 Å². The second kappa shape index (κ2) is 4.10. The van der Waals surface area contributed by atoms with E-state index in [2.05, 4.69) is 4.98 Å². The molecule has 0 aliphatic carbocycles. The third kappa shape index (κ3) is 1.70. The van der Waals surface area contributed by atoms with Crippen LogP contribution < -0.4 is 10.6 Å². The predicted octanol–water partition coefficient (Wildman–Crippen LogP) is 1.87. The van der Waals surface area contributed by atoms with Crippen LogP contribution in [0.25, 0.3) is 0 Å². The third-order valence-corrected chi connectivity index (χ3v) is 3.08. The molecule has 5 nitrogen and oxygen atoms in total. The Kier molecular flexibility index (Phi) is 2.43. The normalized spacial score (nSPS) is 13.2. The Morgan fingerprint density at radius 1 is 1.32 bits per heavy atom. The van der Waals surface area contributed by atoms with Crippen LogP contribution in [0.4, 0.5) is 17.3 Å². The van der Waals surface area contributed by atoms with Gasteiger partial charge in [-0.2, -0.15) is 5.26 Å². The summed E-state index contributed by atoms with van der Waals surface area (Å²) in [6.07, 6.45) is 0. The molecule has 0 atom stereocenters. The number of carbonyl (C=O) groups excluding carboxylic acids is 1. The van der Waals surface area contributed by atoms with Gasteiger partial charge in [0.25, 0.3) is 0 Å². The van der Waals surface area contributed by atoms with Crippen molar-refractivity contribution in [3.8, 4) is 6.07 Å². The van der Waals surface area contributed by atoms with E-state index in [-0.39, 0.29) is 23.7 Å². The molecule has 0 saturated heterocycles. The van der Waals surface area contributed by atoms with Crippen LogP contribution >= 0.6 is 0 Å². The highest BCUT2D eigenvalue weighted by Gasteiger charge is 2.30. The number of rotatable bonds is 1. The highest BCUT2D eigenvalue weighted by atomic mass is 16.1. The largest absolute Gasteiger partial charge is 0.383 e. The van der Waals surface area contributed by atoms with Crippen LogP contribution in [-0.2, 0) is 0 Å². The number of fused-ring (bicyclic) bond motifs is 1. The number of aromatic nitrogens is 1. The van der Waals surface area contributed by atoms with E-state index in [1.165, 1.54) is 6.07 Å². The molecule has 0 fully saturated rings. The maximum absolute atomic E-state index is 12.0. The summed E-state index contributed by atoms with van der Waals surface area (Å²) in [7, 11) is 0. The Hall–Kier alpha value is -2.87. The Morgan fingerprint density at radius 3 is 2.74 bits per heavy atom. The third-order valence-electron chi connectivity index (χ3n) is 3.08. The molecule has 2 aromatic rings. The zero-order valence-electron chi connectivity index (χ0n) is 10.00. The van der Waals surface area contributed by atoms with E-state index in [0.29, 0.717) is 11.4 Å². The molecule has 1 aromatic carbocycles. The molecule has 1 aromatic heterocycles. The number of hydrogen-bond acceptors (Lipinski definition) is 5. The lowest BCUT2D eigenvalue weighted by atomic mass is 10.1. The van der Waals surface area contributed by atoms with Crippen molar-refractivity contribution in [3.63, 3.8) is 0 Å². The summed E-state index contributed by atoms with van der Waals surface area (Å²) in [5, 5.41) is 8.92. The average molecular weight is 250 g/mol. The van der Waals surface area contributed by atoms with Gasteiger partial charge in [-0.15, -0.1) is 0 Å². The molecular weight excluding hydrogens is 240 g/mol. The molecule has 5 heteroatoms. The SMILES string of the molecule is N#Cc1cc2c(nc1N)N(c1ccccc1)CC2=O. The Bertz CT molecular complexity index is 703. The minimum atomic E-state index is -0.0529. The maximum atomic E-state index is 12.0. The van der Waals surface area contributed by atoms with E-state index in [9.17, 15) is 4.79 Å². The molecule has 0 saturated carbocycles. The molecule has 92 valence electrons. The highest BCUT2D eigenvalue weighted by molar-refractivity contribution is 6.09. The van der Waals surface area contributed by atoms with Crippen molar-refractivity contribution in [1.82, 2.24) is 4.98 Å². The van der Waals surface area contributed by atoms with Gasteiger partial charge in [-0.25, -0.2) is 4.98 Å². The van der Waals surface area contributed by atoms with Gasteiger partial charge < -0.3 is 10.6 Å². The minimum absolute atomic E-state index is 0.0529. The number of hydrogen-bond donors (Lipinski definition) is 1. The van der Waals surface area contributed by atoms with Crippen LogP contribution in [0, 0.1) is 11.3 Å². The lowest BCUT2D eigenvalue weighted by molar-refractivity contribution is 0.101. The van der Waals surface area contributed by atoms with Gasteiger partial charge in [-0.3, -0.25) is 4.79 Å². The number of anilines is 3. The molecule has 2 heterocycles. The zero-order valence-corrected chi connectivity index (χ0v) is 10.00. The Morgan fingerprint density at radius 2 is 2.05 bits per heavy atom. The second-order valence-corrected chi connectivity index (χ2v) is 4.25. The number of ketones is 1. The standard InChI is InChI=1S/C14H10N4O/c15-7-9-6-11-12(19)8-18(14(11)17-13(9)16)10-4-2-1-3-5-10/h1-6H,8H2,(H2,16,17). The summed E-state index contributed by atoms with van der Waals surface area (Å²) in [6, 6.07) is 13.0. The smallest absolute Gasteiger partial charge is 0.186 e. The van der Waals surface area contributed by atoms with Gasteiger partial charge in [-0.1, -0.05) is 18.2 Å². The zero-order chi connectivity index (χ0) is 13.4. The number of Topliss-reactive ketones (excluding diaryl/α,β-unsaturated/α-hetero) is 1. The lowest BCUT2D eigenvalue weighted by Gasteiger charge is -2.17. The Balaban J connectivity index is 2.16. The highest BCUT2D eigenvalue weighted by Crippen LogP contribution is 2.34. The number of nitrogens with zero attached hydrogens (tertiary/aromatic N) is 3. The summed E-state index contributed by atoms with van der Waals surface area (Å²) in [5.41, 5.74) is 7.29. The van der Waals surface area contributed by atoms with Crippen LogP contribution in [0.1, 0.15) is 15.9 Å². The first-order chi connectivity index (χ1) is 9.20. The fourth-order valence-electron chi connectivity index (χ4n) is 2.14. The summed E-state index contributed by atoms with van der Waals surface area (Å²) in [6.45, 7) is 0.223. The van der Waals surface area contributed by atoms with Crippen molar-refractivity contribution >= 4 is 23.1 Å². The van der Waals surface area contributed by atoms with Gasteiger partial charge in [0.15, 0.2) is 5.78 Å². The Labute approximate surface area is 109 Å². The van der Waals surface area contributed by atoms with E-state index in [1.54, 1.807) is 4.90 Å². The van der Waals surface area contributed by atoms with E-state index < -0.39 is 0 Å². The molecule has 0 amide bonds. The fraction of sp³-hybridized carbons (Fsp3) is 0.0714. The second-order valence-electron chi connectivity index (χ2n) is 4.25. The van der Waals surface area contributed by atoms with Gasteiger partial charge in [0.1, 0.15) is 17.7 Å². The molecule has 0 spiro atoms. The summed E-state index contributed by atoms with van der Waals surface area (Å²) >= 11 is 0. The summed E-state index contributed by atoms with van der Waals surface area (Å²) in [4.78, 5) is 18.0. The van der Waals surface area contributed by atoms with Gasteiger partial charge in [0.2, 0.25) is 0 Å². The first kappa shape index (κ1) is 11.2. The van der Waals surface area contributed by atoms with Crippen molar-refractivity contribution < 1.29 is 4.79 Å². The van der Waals surface area contributed by atoms with Crippen LogP contribution in [0.2, 0.25) is 0 Å². The first-order valence-corrected chi connectivity index (χ1v) is 5.77. The van der Waals surface area contributed by atoms with Gasteiger partial charge in [-0.05, 0) is 18.2 Å². The van der Waals surface area contributed by atoms with Crippen molar-refractivity contribution in [2.75, 3.05) is 17.2 Å². The van der Waals surface area contributed by atoms with E-state index in [0.717, 1.165) is 5.69 Å². The molecule has 3 rings (SSSR count). The van der Waals surface area contributed by atoms with Crippen LogP contribution in [0.5, 0.6) is 0 Å². The van der Waals surface area contributed by atoms with Crippen molar-refractivity contribution in [2.24, 2.45) is 0 Å². The average Bonchev–Trinajstić information content (AvgIpc) is 2.75. The van der Waals surface area contributed by atoms with E-state index in [4.69, 9.17) is 11.0 Å². The molecular formula is C14H10N4O. The van der Waals surface area contributed by atoms with E-state index >= 15 is 0 Å².